The van der Waals surface area contributed by atoms with Gasteiger partial charge in [0.15, 0.2) is 0 Å². The average molecular weight is 397 g/mol. The van der Waals surface area contributed by atoms with Crippen molar-refractivity contribution >= 4 is 17.5 Å². The standard InChI is InChI=1S/C23H32N4O2/c1-5-11-26(4)22(29)18-14-27-19(7-6-8-20(27)25-18)21(28)24-13-15-9-10-16-12-17(15)23(16,2)3/h6-8,14-17H,5,9-13H2,1-4H3,(H,24,28)/t15-,16-,17-/m0/s1. The fourth-order valence-corrected chi connectivity index (χ4v) is 5.45. The van der Waals surface area contributed by atoms with Crippen LogP contribution in [0.15, 0.2) is 24.4 Å². The van der Waals surface area contributed by atoms with E-state index >= 15 is 0 Å². The molecule has 3 aliphatic carbocycles. The fourth-order valence-electron chi connectivity index (χ4n) is 5.45. The van der Waals surface area contributed by atoms with Crippen LogP contribution in [0.3, 0.4) is 0 Å². The first-order valence-corrected chi connectivity index (χ1v) is 10.8. The molecule has 3 atom stereocenters. The van der Waals surface area contributed by atoms with Crippen LogP contribution < -0.4 is 5.32 Å². The summed E-state index contributed by atoms with van der Waals surface area (Å²) >= 11 is 0. The lowest BCUT2D eigenvalue weighted by Gasteiger charge is -2.60. The third kappa shape index (κ3) is 3.43. The highest BCUT2D eigenvalue weighted by molar-refractivity contribution is 5.95. The second-order valence-electron chi connectivity index (χ2n) is 9.40. The molecule has 1 N–H and O–H groups in total. The zero-order valence-electron chi connectivity index (χ0n) is 17.9. The molecule has 0 aliphatic heterocycles. The SMILES string of the molecule is CCCN(C)C(=O)c1cn2c(C(=O)NC[C@@H]3CC[C@H]4C[C@@H]3C4(C)C)cccc2n1. The Labute approximate surface area is 172 Å². The van der Waals surface area contributed by atoms with Crippen molar-refractivity contribution in [2.24, 2.45) is 23.2 Å². The number of carbonyl (C=O) groups excluding carboxylic acids is 2. The molecular weight excluding hydrogens is 364 g/mol. The molecule has 2 heterocycles. The van der Waals surface area contributed by atoms with Gasteiger partial charge in [0.1, 0.15) is 17.0 Å². The molecule has 2 amide bonds. The maximum Gasteiger partial charge on any atom is 0.273 e. The largest absolute Gasteiger partial charge is 0.350 e. The van der Waals surface area contributed by atoms with Crippen molar-refractivity contribution in [1.29, 1.82) is 0 Å². The van der Waals surface area contributed by atoms with E-state index in [0.717, 1.165) is 18.9 Å². The summed E-state index contributed by atoms with van der Waals surface area (Å²) in [6, 6.07) is 5.44. The van der Waals surface area contributed by atoms with Crippen LogP contribution in [0.4, 0.5) is 0 Å². The number of nitrogens with zero attached hydrogens (tertiary/aromatic N) is 3. The number of imidazole rings is 1. The fraction of sp³-hybridized carbons (Fsp3) is 0.609. The zero-order valence-corrected chi connectivity index (χ0v) is 17.9. The Morgan fingerprint density at radius 1 is 1.31 bits per heavy atom. The molecule has 0 radical (unpaired) electrons. The number of carbonyl (C=O) groups is 2. The van der Waals surface area contributed by atoms with Crippen molar-refractivity contribution < 1.29 is 9.59 Å². The third-order valence-electron chi connectivity index (χ3n) is 7.38. The molecule has 0 saturated heterocycles. The Hall–Kier alpha value is -2.37. The Morgan fingerprint density at radius 3 is 2.79 bits per heavy atom. The van der Waals surface area contributed by atoms with E-state index in [1.807, 2.05) is 19.1 Å². The normalized spacial score (nSPS) is 24.8. The average Bonchev–Trinajstić information content (AvgIpc) is 3.15. The van der Waals surface area contributed by atoms with Gasteiger partial charge < -0.3 is 10.2 Å². The van der Waals surface area contributed by atoms with Crippen LogP contribution in [0.5, 0.6) is 0 Å². The van der Waals surface area contributed by atoms with Crippen molar-refractivity contribution in [2.45, 2.75) is 46.5 Å². The summed E-state index contributed by atoms with van der Waals surface area (Å²) in [6.45, 7) is 8.18. The molecule has 156 valence electrons. The van der Waals surface area contributed by atoms with Crippen molar-refractivity contribution in [3.8, 4) is 0 Å². The summed E-state index contributed by atoms with van der Waals surface area (Å²) in [6.07, 6.45) is 6.36. The molecule has 2 aromatic rings. The molecule has 5 rings (SSSR count). The summed E-state index contributed by atoms with van der Waals surface area (Å²) in [5, 5.41) is 3.15. The van der Waals surface area contributed by atoms with Gasteiger partial charge >= 0.3 is 0 Å². The van der Waals surface area contributed by atoms with Gasteiger partial charge in [-0.3, -0.25) is 14.0 Å². The quantitative estimate of drug-likeness (QED) is 0.811. The molecule has 3 fully saturated rings. The second-order valence-corrected chi connectivity index (χ2v) is 9.40. The second kappa shape index (κ2) is 7.47. The van der Waals surface area contributed by atoms with Crippen LogP contribution in [0.2, 0.25) is 0 Å². The molecule has 29 heavy (non-hydrogen) atoms. The lowest BCUT2D eigenvalue weighted by Crippen LogP contribution is -2.54. The molecule has 0 aromatic carbocycles. The van der Waals surface area contributed by atoms with Gasteiger partial charge in [0, 0.05) is 26.3 Å². The highest BCUT2D eigenvalue weighted by atomic mass is 16.2. The van der Waals surface area contributed by atoms with Gasteiger partial charge in [0.2, 0.25) is 0 Å². The minimum Gasteiger partial charge on any atom is -0.350 e. The van der Waals surface area contributed by atoms with E-state index in [1.165, 1.54) is 19.3 Å². The molecule has 2 bridgehead atoms. The van der Waals surface area contributed by atoms with Gasteiger partial charge in [0.25, 0.3) is 11.8 Å². The highest BCUT2D eigenvalue weighted by Gasteiger charge is 2.53. The molecule has 6 nitrogen and oxygen atoms in total. The van der Waals surface area contributed by atoms with Gasteiger partial charge in [-0.1, -0.05) is 26.8 Å². The number of nitrogens with one attached hydrogen (secondary N) is 1. The summed E-state index contributed by atoms with van der Waals surface area (Å²) in [7, 11) is 1.78. The Balaban J connectivity index is 1.48. The molecular formula is C23H32N4O2. The number of hydrogen-bond acceptors (Lipinski definition) is 3. The number of hydrogen-bond donors (Lipinski definition) is 1. The highest BCUT2D eigenvalue weighted by Crippen LogP contribution is 2.61. The zero-order chi connectivity index (χ0) is 20.8. The van der Waals surface area contributed by atoms with Crippen LogP contribution in [0.1, 0.15) is 67.4 Å². The van der Waals surface area contributed by atoms with Crippen LogP contribution in [-0.4, -0.2) is 46.2 Å². The van der Waals surface area contributed by atoms with E-state index in [2.05, 4.69) is 24.1 Å². The predicted octanol–water partition coefficient (Wildman–Crippen LogP) is 3.62. The molecule has 3 aliphatic rings. The predicted molar refractivity (Wildman–Crippen MR) is 113 cm³/mol. The van der Waals surface area contributed by atoms with E-state index < -0.39 is 0 Å². The minimum absolute atomic E-state index is 0.104. The van der Waals surface area contributed by atoms with Crippen LogP contribution in [-0.2, 0) is 0 Å². The van der Waals surface area contributed by atoms with Crippen LogP contribution in [0, 0.1) is 23.2 Å². The molecule has 3 saturated carbocycles. The Bertz CT molecular complexity index is 930. The Morgan fingerprint density at radius 2 is 2.10 bits per heavy atom. The molecule has 0 unspecified atom stereocenters. The number of fused-ring (bicyclic) bond motifs is 3. The van der Waals surface area contributed by atoms with Crippen molar-refractivity contribution in [3.05, 3.63) is 35.8 Å². The first-order chi connectivity index (χ1) is 13.8. The van der Waals surface area contributed by atoms with Gasteiger partial charge in [-0.2, -0.15) is 0 Å². The number of amides is 2. The first kappa shape index (κ1) is 19.9. The van der Waals surface area contributed by atoms with Gasteiger partial charge in [-0.05, 0) is 61.0 Å². The van der Waals surface area contributed by atoms with Gasteiger partial charge in [-0.25, -0.2) is 4.98 Å². The molecule has 0 spiro atoms. The number of rotatable bonds is 6. The maximum absolute atomic E-state index is 12.9. The Kier molecular flexibility index (Phi) is 5.13. The third-order valence-corrected chi connectivity index (χ3v) is 7.38. The van der Waals surface area contributed by atoms with Crippen molar-refractivity contribution in [1.82, 2.24) is 19.6 Å². The van der Waals surface area contributed by atoms with Crippen LogP contribution >= 0.6 is 0 Å². The number of aromatic nitrogens is 2. The van der Waals surface area contributed by atoms with Crippen molar-refractivity contribution in [2.75, 3.05) is 20.1 Å². The lowest BCUT2D eigenvalue weighted by molar-refractivity contribution is -0.103. The van der Waals surface area contributed by atoms with E-state index in [0.29, 0.717) is 40.8 Å². The summed E-state index contributed by atoms with van der Waals surface area (Å²) in [4.78, 5) is 31.6. The van der Waals surface area contributed by atoms with Gasteiger partial charge in [0.05, 0.1) is 0 Å². The summed E-state index contributed by atoms with van der Waals surface area (Å²) in [5.74, 6) is 1.91. The van der Waals surface area contributed by atoms with E-state index in [-0.39, 0.29) is 11.8 Å². The topological polar surface area (TPSA) is 66.7 Å². The maximum atomic E-state index is 12.9. The van der Waals surface area contributed by atoms with E-state index in [9.17, 15) is 9.59 Å². The lowest BCUT2D eigenvalue weighted by atomic mass is 9.45. The minimum atomic E-state index is -0.120. The smallest absolute Gasteiger partial charge is 0.273 e. The van der Waals surface area contributed by atoms with E-state index in [4.69, 9.17) is 0 Å². The monoisotopic (exact) mass is 396 g/mol. The van der Waals surface area contributed by atoms with Crippen LogP contribution in [0.25, 0.3) is 5.65 Å². The molecule has 2 aromatic heterocycles. The van der Waals surface area contributed by atoms with Crippen molar-refractivity contribution in [3.63, 3.8) is 0 Å². The van der Waals surface area contributed by atoms with E-state index in [1.54, 1.807) is 28.6 Å². The summed E-state index contributed by atoms with van der Waals surface area (Å²) in [5.41, 5.74) is 1.92. The van der Waals surface area contributed by atoms with Gasteiger partial charge in [-0.15, -0.1) is 0 Å². The molecule has 6 heteroatoms. The summed E-state index contributed by atoms with van der Waals surface area (Å²) < 4.78 is 1.73. The first-order valence-electron chi connectivity index (χ1n) is 10.8. The number of pyridine rings is 1.